The number of carbonyl (C=O) groups excluding carboxylic acids is 1. The number of hydrogen-bond acceptors (Lipinski definition) is 4. The molecule has 1 fully saturated rings. The molecule has 28 heavy (non-hydrogen) atoms. The van der Waals surface area contributed by atoms with E-state index in [0.29, 0.717) is 18.3 Å². The first-order valence-electron chi connectivity index (χ1n) is 9.84. The van der Waals surface area contributed by atoms with Gasteiger partial charge in [-0.25, -0.2) is 4.99 Å². The van der Waals surface area contributed by atoms with E-state index in [1.54, 1.807) is 12.1 Å². The summed E-state index contributed by atoms with van der Waals surface area (Å²) in [4.78, 5) is 18.2. The lowest BCUT2D eigenvalue weighted by atomic mass is 10.2. The average molecular weight is 383 g/mol. The number of furan rings is 1. The van der Waals surface area contributed by atoms with Crippen molar-refractivity contribution in [3.05, 3.63) is 59.5 Å². The predicted octanol–water partition coefficient (Wildman–Crippen LogP) is 2.10. The highest BCUT2D eigenvalue weighted by Gasteiger charge is 2.24. The third-order valence-electron chi connectivity index (χ3n) is 4.87. The van der Waals surface area contributed by atoms with Gasteiger partial charge in [-0.05, 0) is 44.0 Å². The highest BCUT2D eigenvalue weighted by atomic mass is 16.3. The Hall–Kier alpha value is -2.80. The van der Waals surface area contributed by atoms with Crippen LogP contribution in [0.2, 0.25) is 0 Å². The summed E-state index contributed by atoms with van der Waals surface area (Å²) in [5.74, 6) is 0.939. The zero-order chi connectivity index (χ0) is 19.8. The molecular formula is C21H29N5O2. The zero-order valence-corrected chi connectivity index (χ0v) is 16.4. The van der Waals surface area contributed by atoms with Gasteiger partial charge < -0.3 is 20.8 Å². The number of amides is 1. The van der Waals surface area contributed by atoms with Gasteiger partial charge in [-0.1, -0.05) is 30.3 Å². The van der Waals surface area contributed by atoms with Crippen molar-refractivity contribution in [1.29, 1.82) is 0 Å². The number of nitrogens with zero attached hydrogens (tertiary/aromatic N) is 2. The minimum absolute atomic E-state index is 0.158. The van der Waals surface area contributed by atoms with Crippen LogP contribution in [0.3, 0.4) is 0 Å². The summed E-state index contributed by atoms with van der Waals surface area (Å²) in [5.41, 5.74) is 6.56. The molecule has 7 nitrogen and oxygen atoms in total. The highest BCUT2D eigenvalue weighted by Crippen LogP contribution is 2.19. The van der Waals surface area contributed by atoms with Gasteiger partial charge in [0.15, 0.2) is 11.7 Å². The second-order valence-electron chi connectivity index (χ2n) is 6.96. The molecular weight excluding hydrogens is 354 g/mol. The molecule has 1 aliphatic rings. The Bertz CT molecular complexity index is 787. The SMILES string of the molecule is CCNC(=NCc1ccc(C(N)=O)o1)NCC1CCCN1Cc1ccccc1. The first-order valence-corrected chi connectivity index (χ1v) is 9.84. The van der Waals surface area contributed by atoms with Gasteiger partial charge in [0.2, 0.25) is 0 Å². The molecule has 1 saturated heterocycles. The summed E-state index contributed by atoms with van der Waals surface area (Å²) in [5, 5.41) is 6.70. The van der Waals surface area contributed by atoms with E-state index in [2.05, 4.69) is 50.9 Å². The number of carbonyl (C=O) groups is 1. The van der Waals surface area contributed by atoms with Crippen LogP contribution in [0, 0.1) is 0 Å². The molecule has 1 aromatic carbocycles. The number of likely N-dealkylation sites (tertiary alicyclic amines) is 1. The first-order chi connectivity index (χ1) is 13.7. The van der Waals surface area contributed by atoms with E-state index in [-0.39, 0.29) is 5.76 Å². The molecule has 2 aromatic rings. The maximum absolute atomic E-state index is 11.1. The van der Waals surface area contributed by atoms with Crippen molar-refractivity contribution in [2.75, 3.05) is 19.6 Å². The van der Waals surface area contributed by atoms with Crippen LogP contribution in [0.5, 0.6) is 0 Å². The van der Waals surface area contributed by atoms with Gasteiger partial charge in [0.25, 0.3) is 5.91 Å². The maximum Gasteiger partial charge on any atom is 0.284 e. The fourth-order valence-electron chi connectivity index (χ4n) is 3.46. The van der Waals surface area contributed by atoms with Crippen LogP contribution in [-0.4, -0.2) is 42.4 Å². The third kappa shape index (κ3) is 5.60. The van der Waals surface area contributed by atoms with E-state index in [1.165, 1.54) is 18.4 Å². The van der Waals surface area contributed by atoms with E-state index < -0.39 is 5.91 Å². The molecule has 0 bridgehead atoms. The lowest BCUT2D eigenvalue weighted by Crippen LogP contribution is -2.44. The van der Waals surface area contributed by atoms with Crippen molar-refractivity contribution in [2.45, 2.75) is 38.9 Å². The molecule has 2 heterocycles. The number of rotatable bonds is 8. The Morgan fingerprint density at radius 3 is 2.79 bits per heavy atom. The maximum atomic E-state index is 11.1. The van der Waals surface area contributed by atoms with Gasteiger partial charge in [-0.3, -0.25) is 9.69 Å². The van der Waals surface area contributed by atoms with Crippen LogP contribution in [0.4, 0.5) is 0 Å². The van der Waals surface area contributed by atoms with E-state index in [9.17, 15) is 4.79 Å². The minimum atomic E-state index is -0.569. The van der Waals surface area contributed by atoms with E-state index in [0.717, 1.165) is 32.1 Å². The highest BCUT2D eigenvalue weighted by molar-refractivity contribution is 5.89. The van der Waals surface area contributed by atoms with Crippen molar-refractivity contribution < 1.29 is 9.21 Å². The van der Waals surface area contributed by atoms with Crippen molar-refractivity contribution in [1.82, 2.24) is 15.5 Å². The van der Waals surface area contributed by atoms with Gasteiger partial charge >= 0.3 is 0 Å². The number of nitrogens with one attached hydrogen (secondary N) is 2. The Balaban J connectivity index is 1.55. The molecule has 0 radical (unpaired) electrons. The molecule has 1 aliphatic heterocycles. The first kappa shape index (κ1) is 19.9. The topological polar surface area (TPSA) is 95.9 Å². The van der Waals surface area contributed by atoms with Gasteiger partial charge in [0.1, 0.15) is 12.3 Å². The normalized spacial score (nSPS) is 17.6. The van der Waals surface area contributed by atoms with Crippen molar-refractivity contribution in [2.24, 2.45) is 10.7 Å². The Kier molecular flexibility index (Phi) is 7.08. The van der Waals surface area contributed by atoms with Crippen LogP contribution in [-0.2, 0) is 13.1 Å². The molecule has 3 rings (SSSR count). The lowest BCUT2D eigenvalue weighted by molar-refractivity contribution is 0.0972. The quantitative estimate of drug-likeness (QED) is 0.479. The van der Waals surface area contributed by atoms with E-state index in [1.807, 2.05) is 6.92 Å². The number of nitrogens with two attached hydrogens (primary N) is 1. The van der Waals surface area contributed by atoms with Gasteiger partial charge in [0, 0.05) is 25.7 Å². The monoisotopic (exact) mass is 383 g/mol. The number of primary amides is 1. The standard InChI is InChI=1S/C21H29N5O2/c1-2-23-21(25-14-18-10-11-19(28-18)20(22)27)24-13-17-9-6-12-26(17)15-16-7-4-3-5-8-16/h3-5,7-8,10-11,17H,2,6,9,12-15H2,1H3,(H2,22,27)(H2,23,24,25). The second-order valence-corrected chi connectivity index (χ2v) is 6.96. The van der Waals surface area contributed by atoms with Gasteiger partial charge in [-0.15, -0.1) is 0 Å². The number of aliphatic imine (C=N–C) groups is 1. The minimum Gasteiger partial charge on any atom is -0.454 e. The number of guanidine groups is 1. The summed E-state index contributed by atoms with van der Waals surface area (Å²) in [7, 11) is 0. The predicted molar refractivity (Wildman–Crippen MR) is 110 cm³/mol. The third-order valence-corrected chi connectivity index (χ3v) is 4.87. The summed E-state index contributed by atoms with van der Waals surface area (Å²) in [6.45, 7) is 6.09. The Morgan fingerprint density at radius 2 is 2.07 bits per heavy atom. The summed E-state index contributed by atoms with van der Waals surface area (Å²) in [6, 6.07) is 14.4. The van der Waals surface area contributed by atoms with Crippen molar-refractivity contribution in [3.63, 3.8) is 0 Å². The van der Waals surface area contributed by atoms with Crippen LogP contribution >= 0.6 is 0 Å². The van der Waals surface area contributed by atoms with Crippen LogP contribution < -0.4 is 16.4 Å². The molecule has 1 amide bonds. The fourth-order valence-corrected chi connectivity index (χ4v) is 3.46. The smallest absolute Gasteiger partial charge is 0.284 e. The second kappa shape index (κ2) is 9.94. The van der Waals surface area contributed by atoms with Crippen LogP contribution in [0.1, 0.15) is 41.6 Å². The average Bonchev–Trinajstić information content (AvgIpc) is 3.34. The van der Waals surface area contributed by atoms with Gasteiger partial charge in [0.05, 0.1) is 0 Å². The summed E-state index contributed by atoms with van der Waals surface area (Å²) in [6.07, 6.45) is 2.40. The van der Waals surface area contributed by atoms with Crippen LogP contribution in [0.25, 0.3) is 0 Å². The molecule has 1 unspecified atom stereocenters. The van der Waals surface area contributed by atoms with Crippen molar-refractivity contribution in [3.8, 4) is 0 Å². The number of benzene rings is 1. The molecule has 7 heteroatoms. The molecule has 1 atom stereocenters. The zero-order valence-electron chi connectivity index (χ0n) is 16.4. The molecule has 0 spiro atoms. The largest absolute Gasteiger partial charge is 0.454 e. The van der Waals surface area contributed by atoms with E-state index >= 15 is 0 Å². The molecule has 4 N–H and O–H groups in total. The summed E-state index contributed by atoms with van der Waals surface area (Å²) < 4.78 is 5.39. The van der Waals surface area contributed by atoms with Crippen LogP contribution in [0.15, 0.2) is 51.9 Å². The van der Waals surface area contributed by atoms with Gasteiger partial charge in [-0.2, -0.15) is 0 Å². The lowest BCUT2D eigenvalue weighted by Gasteiger charge is -2.25. The Morgan fingerprint density at radius 1 is 1.25 bits per heavy atom. The fraction of sp³-hybridized carbons (Fsp3) is 0.429. The van der Waals surface area contributed by atoms with Crippen molar-refractivity contribution >= 4 is 11.9 Å². The number of hydrogen-bond donors (Lipinski definition) is 3. The molecule has 0 aliphatic carbocycles. The molecule has 0 saturated carbocycles. The van der Waals surface area contributed by atoms with E-state index in [4.69, 9.17) is 10.2 Å². The molecule has 1 aromatic heterocycles. The summed E-state index contributed by atoms with van der Waals surface area (Å²) >= 11 is 0. The molecule has 150 valence electrons. The Labute approximate surface area is 166 Å².